The zero-order valence-electron chi connectivity index (χ0n) is 6.62. The molecule has 0 unspecified atom stereocenters. The van der Waals surface area contributed by atoms with Crippen molar-refractivity contribution in [3.05, 3.63) is 12.7 Å². The van der Waals surface area contributed by atoms with E-state index in [1.165, 1.54) is 0 Å². The van der Waals surface area contributed by atoms with Crippen molar-refractivity contribution < 1.29 is 13.2 Å². The fourth-order valence-corrected chi connectivity index (χ4v) is 0.812. The number of alkyl halides is 3. The van der Waals surface area contributed by atoms with E-state index in [9.17, 15) is 13.2 Å². The van der Waals surface area contributed by atoms with Crippen LogP contribution in [0.3, 0.4) is 0 Å². The summed E-state index contributed by atoms with van der Waals surface area (Å²) in [5, 5.41) is 0. The molecule has 0 aliphatic carbocycles. The fraction of sp³-hybridized carbons (Fsp3) is 0.750. The maximum absolute atomic E-state index is 11.6. The highest BCUT2D eigenvalue weighted by Gasteiger charge is 2.26. The quantitative estimate of drug-likeness (QED) is 0.560. The molecule has 0 aromatic rings. The SMILES string of the molecule is C=CC[C@@H](C)CCC(F)(F)F. The van der Waals surface area contributed by atoms with Gasteiger partial charge in [-0.05, 0) is 18.8 Å². The topological polar surface area (TPSA) is 0 Å². The number of halogens is 3. The molecule has 0 spiro atoms. The first kappa shape index (κ1) is 10.5. The van der Waals surface area contributed by atoms with Crippen LogP contribution in [-0.4, -0.2) is 6.18 Å². The van der Waals surface area contributed by atoms with E-state index in [0.29, 0.717) is 6.42 Å². The van der Waals surface area contributed by atoms with Crippen molar-refractivity contribution in [2.45, 2.75) is 32.4 Å². The van der Waals surface area contributed by atoms with Crippen LogP contribution in [0.25, 0.3) is 0 Å². The third kappa shape index (κ3) is 7.43. The van der Waals surface area contributed by atoms with Crippen molar-refractivity contribution >= 4 is 0 Å². The lowest BCUT2D eigenvalue weighted by Crippen LogP contribution is -2.09. The summed E-state index contributed by atoms with van der Waals surface area (Å²) in [6.45, 7) is 5.26. The van der Waals surface area contributed by atoms with E-state index in [1.54, 1.807) is 13.0 Å². The summed E-state index contributed by atoms with van der Waals surface area (Å²) in [6.07, 6.45) is -2.16. The van der Waals surface area contributed by atoms with Gasteiger partial charge in [-0.3, -0.25) is 0 Å². The lowest BCUT2D eigenvalue weighted by Gasteiger charge is -2.10. The molecule has 0 aromatic heterocycles. The Balaban J connectivity index is 3.45. The van der Waals surface area contributed by atoms with Gasteiger partial charge in [-0.1, -0.05) is 13.0 Å². The van der Waals surface area contributed by atoms with Crippen LogP contribution in [0.5, 0.6) is 0 Å². The fourth-order valence-electron chi connectivity index (χ4n) is 0.812. The zero-order valence-corrected chi connectivity index (χ0v) is 6.62. The Morgan fingerprint density at radius 3 is 2.36 bits per heavy atom. The second-order valence-corrected chi connectivity index (χ2v) is 2.78. The van der Waals surface area contributed by atoms with E-state index in [4.69, 9.17) is 0 Å². The number of allylic oxidation sites excluding steroid dienone is 1. The van der Waals surface area contributed by atoms with Gasteiger partial charge < -0.3 is 0 Å². The molecule has 1 atom stereocenters. The molecule has 0 heterocycles. The Morgan fingerprint density at radius 1 is 1.45 bits per heavy atom. The van der Waals surface area contributed by atoms with Crippen molar-refractivity contribution in [3.63, 3.8) is 0 Å². The molecule has 0 aromatic carbocycles. The van der Waals surface area contributed by atoms with Gasteiger partial charge in [-0.15, -0.1) is 6.58 Å². The van der Waals surface area contributed by atoms with Gasteiger partial charge in [0.25, 0.3) is 0 Å². The van der Waals surface area contributed by atoms with Gasteiger partial charge in [0.2, 0.25) is 0 Å². The van der Waals surface area contributed by atoms with Gasteiger partial charge >= 0.3 is 6.18 Å². The molecule has 0 bridgehead atoms. The van der Waals surface area contributed by atoms with Crippen molar-refractivity contribution in [2.24, 2.45) is 5.92 Å². The minimum Gasteiger partial charge on any atom is -0.171 e. The van der Waals surface area contributed by atoms with Crippen LogP contribution in [0.15, 0.2) is 12.7 Å². The molecule has 3 heteroatoms. The summed E-state index contributed by atoms with van der Waals surface area (Å²) < 4.78 is 34.9. The Morgan fingerprint density at radius 2 is 2.00 bits per heavy atom. The molecule has 0 saturated heterocycles. The second kappa shape index (κ2) is 4.42. The Labute approximate surface area is 65.1 Å². The van der Waals surface area contributed by atoms with E-state index in [0.717, 1.165) is 0 Å². The number of rotatable bonds is 4. The summed E-state index contributed by atoms with van der Waals surface area (Å²) in [4.78, 5) is 0. The minimum atomic E-state index is -4.00. The minimum absolute atomic E-state index is 0.0918. The average molecular weight is 166 g/mol. The first-order chi connectivity index (χ1) is 4.95. The summed E-state index contributed by atoms with van der Waals surface area (Å²) in [7, 11) is 0. The predicted octanol–water partition coefficient (Wildman–Crippen LogP) is 3.54. The first-order valence-corrected chi connectivity index (χ1v) is 3.63. The molecule has 0 fully saturated rings. The molecular weight excluding hydrogens is 153 g/mol. The summed E-state index contributed by atoms with van der Waals surface area (Å²) in [5.41, 5.74) is 0. The van der Waals surface area contributed by atoms with E-state index < -0.39 is 12.6 Å². The molecule has 0 radical (unpaired) electrons. The van der Waals surface area contributed by atoms with Crippen LogP contribution in [0.4, 0.5) is 13.2 Å². The van der Waals surface area contributed by atoms with Crippen LogP contribution in [0, 0.1) is 5.92 Å². The molecule has 11 heavy (non-hydrogen) atoms. The lowest BCUT2D eigenvalue weighted by atomic mass is 10.0. The van der Waals surface area contributed by atoms with E-state index >= 15 is 0 Å². The van der Waals surface area contributed by atoms with Gasteiger partial charge in [-0.25, -0.2) is 0 Å². The largest absolute Gasteiger partial charge is 0.389 e. The third-order valence-corrected chi connectivity index (χ3v) is 1.49. The van der Waals surface area contributed by atoms with E-state index in [2.05, 4.69) is 6.58 Å². The van der Waals surface area contributed by atoms with Gasteiger partial charge in [0.05, 0.1) is 0 Å². The van der Waals surface area contributed by atoms with Crippen molar-refractivity contribution in [2.75, 3.05) is 0 Å². The van der Waals surface area contributed by atoms with Crippen LogP contribution in [-0.2, 0) is 0 Å². The lowest BCUT2D eigenvalue weighted by molar-refractivity contribution is -0.137. The molecule has 0 N–H and O–H groups in total. The molecule has 0 nitrogen and oxygen atoms in total. The van der Waals surface area contributed by atoms with Gasteiger partial charge in [0, 0.05) is 6.42 Å². The highest BCUT2D eigenvalue weighted by molar-refractivity contribution is 4.71. The normalized spacial score (nSPS) is 14.5. The molecule has 66 valence electrons. The zero-order chi connectivity index (χ0) is 8.91. The molecule has 0 aliphatic heterocycles. The predicted molar refractivity (Wildman–Crippen MR) is 39.3 cm³/mol. The molecule has 0 aliphatic rings. The second-order valence-electron chi connectivity index (χ2n) is 2.78. The van der Waals surface area contributed by atoms with Gasteiger partial charge in [0.15, 0.2) is 0 Å². The first-order valence-electron chi connectivity index (χ1n) is 3.63. The van der Waals surface area contributed by atoms with E-state index in [-0.39, 0.29) is 12.3 Å². The van der Waals surface area contributed by atoms with Gasteiger partial charge in [-0.2, -0.15) is 13.2 Å². The number of hydrogen-bond acceptors (Lipinski definition) is 0. The highest BCUT2D eigenvalue weighted by atomic mass is 19.4. The molecular formula is C8H13F3. The summed E-state index contributed by atoms with van der Waals surface area (Å²) >= 11 is 0. The third-order valence-electron chi connectivity index (χ3n) is 1.49. The van der Waals surface area contributed by atoms with Crippen LogP contribution >= 0.6 is 0 Å². The Hall–Kier alpha value is -0.470. The standard InChI is InChI=1S/C8H13F3/c1-3-4-7(2)5-6-8(9,10)11/h3,7H,1,4-6H2,2H3/t7-/m1/s1. The molecule has 0 rings (SSSR count). The number of hydrogen-bond donors (Lipinski definition) is 0. The monoisotopic (exact) mass is 166 g/mol. The van der Waals surface area contributed by atoms with Crippen molar-refractivity contribution in [1.29, 1.82) is 0 Å². The smallest absolute Gasteiger partial charge is 0.171 e. The van der Waals surface area contributed by atoms with E-state index in [1.807, 2.05) is 0 Å². The van der Waals surface area contributed by atoms with Crippen LogP contribution in [0.1, 0.15) is 26.2 Å². The summed E-state index contributed by atoms with van der Waals surface area (Å²) in [6, 6.07) is 0. The molecule has 0 saturated carbocycles. The Kier molecular flexibility index (Phi) is 4.23. The van der Waals surface area contributed by atoms with Crippen LogP contribution in [0.2, 0.25) is 0 Å². The van der Waals surface area contributed by atoms with Gasteiger partial charge in [0.1, 0.15) is 0 Å². The maximum Gasteiger partial charge on any atom is 0.389 e. The highest BCUT2D eigenvalue weighted by Crippen LogP contribution is 2.24. The Bertz CT molecular complexity index is 115. The summed E-state index contributed by atoms with van der Waals surface area (Å²) in [5.74, 6) is 0.0918. The average Bonchev–Trinajstić information content (AvgIpc) is 1.83. The maximum atomic E-state index is 11.6. The van der Waals surface area contributed by atoms with Crippen molar-refractivity contribution in [3.8, 4) is 0 Å². The molecule has 0 amide bonds. The van der Waals surface area contributed by atoms with Crippen LogP contribution < -0.4 is 0 Å². The van der Waals surface area contributed by atoms with Crippen molar-refractivity contribution in [1.82, 2.24) is 0 Å².